The topological polar surface area (TPSA) is 35.5 Å². The average Bonchev–Trinajstić information content (AvgIpc) is 2.26. The molecule has 1 heterocycles. The number of nitrogens with zero attached hydrogens (tertiary/aromatic N) is 1. The molecule has 0 aromatic heterocycles. The van der Waals surface area contributed by atoms with E-state index in [2.05, 4.69) is 42.1 Å². The molecule has 82 valence electrons. The van der Waals surface area contributed by atoms with E-state index in [-0.39, 0.29) is 5.75 Å². The number of halogens is 2. The highest BCUT2D eigenvalue weighted by Crippen LogP contribution is 2.36. The van der Waals surface area contributed by atoms with E-state index in [0.29, 0.717) is 0 Å². The van der Waals surface area contributed by atoms with Crippen LogP contribution < -0.4 is 10.2 Å². The van der Waals surface area contributed by atoms with Gasteiger partial charge < -0.3 is 15.3 Å². The molecule has 1 aliphatic rings. The number of phenolic OH excluding ortho intramolecular Hbond substituents is 1. The lowest BCUT2D eigenvalue weighted by Crippen LogP contribution is -2.43. The summed E-state index contributed by atoms with van der Waals surface area (Å²) < 4.78 is 1.45. The van der Waals surface area contributed by atoms with Crippen molar-refractivity contribution in [1.29, 1.82) is 0 Å². The second-order valence-corrected chi connectivity index (χ2v) is 5.20. The van der Waals surface area contributed by atoms with Crippen LogP contribution in [0.1, 0.15) is 0 Å². The van der Waals surface area contributed by atoms with Gasteiger partial charge in [0.15, 0.2) is 0 Å². The predicted molar refractivity (Wildman–Crippen MR) is 68.6 cm³/mol. The van der Waals surface area contributed by atoms with Gasteiger partial charge in [-0.05, 0) is 44.0 Å². The largest absolute Gasteiger partial charge is 0.506 e. The number of phenols is 1. The summed E-state index contributed by atoms with van der Waals surface area (Å²) in [5.41, 5.74) is 1.13. The number of rotatable bonds is 1. The molecule has 1 fully saturated rings. The molecular formula is C10H12Br2N2O. The summed E-state index contributed by atoms with van der Waals surface area (Å²) in [5.74, 6) is 0.258. The number of anilines is 1. The minimum absolute atomic E-state index is 0.258. The molecule has 3 nitrogen and oxygen atoms in total. The highest BCUT2D eigenvalue weighted by molar-refractivity contribution is 9.11. The Labute approximate surface area is 106 Å². The molecule has 2 N–H and O–H groups in total. The minimum atomic E-state index is 0.258. The Morgan fingerprint density at radius 1 is 1.13 bits per heavy atom. The molecule has 1 aliphatic heterocycles. The van der Waals surface area contributed by atoms with Crippen molar-refractivity contribution in [2.45, 2.75) is 0 Å². The van der Waals surface area contributed by atoms with Gasteiger partial charge in [0.25, 0.3) is 0 Å². The van der Waals surface area contributed by atoms with E-state index in [1.165, 1.54) is 0 Å². The van der Waals surface area contributed by atoms with Crippen LogP contribution in [0.2, 0.25) is 0 Å². The first-order valence-corrected chi connectivity index (χ1v) is 6.41. The summed E-state index contributed by atoms with van der Waals surface area (Å²) in [4.78, 5) is 2.30. The average molecular weight is 336 g/mol. The third-order valence-electron chi connectivity index (χ3n) is 2.48. The molecule has 0 radical (unpaired) electrons. The summed E-state index contributed by atoms with van der Waals surface area (Å²) in [6, 6.07) is 3.90. The quantitative estimate of drug-likeness (QED) is 0.826. The van der Waals surface area contributed by atoms with Crippen molar-refractivity contribution in [3.8, 4) is 5.75 Å². The Balaban J connectivity index is 2.27. The van der Waals surface area contributed by atoms with E-state index >= 15 is 0 Å². The molecular weight excluding hydrogens is 324 g/mol. The molecule has 1 aromatic carbocycles. The molecule has 0 saturated carbocycles. The van der Waals surface area contributed by atoms with Crippen LogP contribution in [0.5, 0.6) is 5.75 Å². The fourth-order valence-electron chi connectivity index (χ4n) is 1.66. The molecule has 0 amide bonds. The van der Waals surface area contributed by atoms with Gasteiger partial charge in [-0.3, -0.25) is 0 Å². The Morgan fingerprint density at radius 2 is 1.67 bits per heavy atom. The van der Waals surface area contributed by atoms with Gasteiger partial charge in [-0.15, -0.1) is 0 Å². The van der Waals surface area contributed by atoms with Crippen LogP contribution in [-0.2, 0) is 0 Å². The lowest BCUT2D eigenvalue weighted by molar-refractivity contribution is 0.468. The van der Waals surface area contributed by atoms with Crippen molar-refractivity contribution in [1.82, 2.24) is 5.32 Å². The first kappa shape index (κ1) is 11.2. The molecule has 0 atom stereocenters. The fourth-order valence-corrected chi connectivity index (χ4v) is 2.82. The van der Waals surface area contributed by atoms with Gasteiger partial charge in [-0.25, -0.2) is 0 Å². The van der Waals surface area contributed by atoms with Crippen LogP contribution in [0.25, 0.3) is 0 Å². The van der Waals surface area contributed by atoms with E-state index in [0.717, 1.165) is 40.8 Å². The van der Waals surface area contributed by atoms with Crippen molar-refractivity contribution in [3.05, 3.63) is 21.1 Å². The van der Waals surface area contributed by atoms with Gasteiger partial charge in [-0.1, -0.05) is 0 Å². The smallest absolute Gasteiger partial charge is 0.144 e. The van der Waals surface area contributed by atoms with Gasteiger partial charge in [0.2, 0.25) is 0 Å². The highest BCUT2D eigenvalue weighted by atomic mass is 79.9. The zero-order chi connectivity index (χ0) is 10.8. The maximum Gasteiger partial charge on any atom is 0.144 e. The van der Waals surface area contributed by atoms with E-state index in [1.807, 2.05) is 12.1 Å². The van der Waals surface area contributed by atoms with Crippen molar-refractivity contribution in [2.24, 2.45) is 0 Å². The number of piperazine rings is 1. The summed E-state index contributed by atoms with van der Waals surface area (Å²) >= 11 is 6.68. The molecule has 0 aliphatic carbocycles. The SMILES string of the molecule is Oc1c(Br)cc(N2CCNCC2)cc1Br. The second-order valence-electron chi connectivity index (χ2n) is 3.50. The van der Waals surface area contributed by atoms with Crippen LogP contribution in [-0.4, -0.2) is 31.3 Å². The van der Waals surface area contributed by atoms with Crippen molar-refractivity contribution in [3.63, 3.8) is 0 Å². The van der Waals surface area contributed by atoms with Crippen molar-refractivity contribution >= 4 is 37.5 Å². The summed E-state index contributed by atoms with van der Waals surface area (Å²) in [6.45, 7) is 4.03. The number of benzene rings is 1. The molecule has 0 unspecified atom stereocenters. The standard InChI is InChI=1S/C10H12Br2N2O/c11-8-5-7(6-9(12)10(8)15)14-3-1-13-2-4-14/h5-6,13,15H,1-4H2. The van der Waals surface area contributed by atoms with Crippen LogP contribution in [0.3, 0.4) is 0 Å². The van der Waals surface area contributed by atoms with Crippen LogP contribution in [0, 0.1) is 0 Å². The molecule has 2 rings (SSSR count). The number of hydrogen-bond acceptors (Lipinski definition) is 3. The first-order chi connectivity index (χ1) is 7.18. The predicted octanol–water partition coefficient (Wildman–Crippen LogP) is 2.33. The third kappa shape index (κ3) is 2.46. The minimum Gasteiger partial charge on any atom is -0.506 e. The maximum absolute atomic E-state index is 9.60. The van der Waals surface area contributed by atoms with Crippen molar-refractivity contribution in [2.75, 3.05) is 31.1 Å². The van der Waals surface area contributed by atoms with E-state index < -0.39 is 0 Å². The van der Waals surface area contributed by atoms with E-state index in [1.54, 1.807) is 0 Å². The molecule has 0 spiro atoms. The Morgan fingerprint density at radius 3 is 2.20 bits per heavy atom. The molecule has 1 saturated heterocycles. The number of hydrogen-bond donors (Lipinski definition) is 2. The summed E-state index contributed by atoms with van der Waals surface area (Å²) in [5, 5.41) is 12.9. The normalized spacial score (nSPS) is 16.8. The van der Waals surface area contributed by atoms with E-state index in [9.17, 15) is 5.11 Å². The third-order valence-corrected chi connectivity index (χ3v) is 3.69. The van der Waals surface area contributed by atoms with Crippen LogP contribution >= 0.6 is 31.9 Å². The molecule has 1 aromatic rings. The fraction of sp³-hybridized carbons (Fsp3) is 0.400. The highest BCUT2D eigenvalue weighted by Gasteiger charge is 2.13. The molecule has 5 heteroatoms. The monoisotopic (exact) mass is 334 g/mol. The lowest BCUT2D eigenvalue weighted by Gasteiger charge is -2.29. The second kappa shape index (κ2) is 4.72. The lowest BCUT2D eigenvalue weighted by atomic mass is 10.2. The van der Waals surface area contributed by atoms with Gasteiger partial charge in [0.1, 0.15) is 5.75 Å². The number of nitrogens with one attached hydrogen (secondary N) is 1. The van der Waals surface area contributed by atoms with Gasteiger partial charge in [-0.2, -0.15) is 0 Å². The summed E-state index contributed by atoms with van der Waals surface area (Å²) in [7, 11) is 0. The molecule has 15 heavy (non-hydrogen) atoms. The van der Waals surface area contributed by atoms with Crippen LogP contribution in [0.4, 0.5) is 5.69 Å². The van der Waals surface area contributed by atoms with Gasteiger partial charge in [0.05, 0.1) is 8.95 Å². The maximum atomic E-state index is 9.60. The Bertz CT molecular complexity index is 341. The zero-order valence-corrected chi connectivity index (χ0v) is 11.3. The van der Waals surface area contributed by atoms with Crippen molar-refractivity contribution < 1.29 is 5.11 Å². The first-order valence-electron chi connectivity index (χ1n) is 4.82. The summed E-state index contributed by atoms with van der Waals surface area (Å²) in [6.07, 6.45) is 0. The van der Waals surface area contributed by atoms with Crippen LogP contribution in [0.15, 0.2) is 21.1 Å². The number of aromatic hydroxyl groups is 1. The Hall–Kier alpha value is -0.260. The van der Waals surface area contributed by atoms with E-state index in [4.69, 9.17) is 0 Å². The van der Waals surface area contributed by atoms with Gasteiger partial charge >= 0.3 is 0 Å². The Kier molecular flexibility index (Phi) is 3.53. The zero-order valence-electron chi connectivity index (χ0n) is 8.13. The van der Waals surface area contributed by atoms with Gasteiger partial charge in [0, 0.05) is 31.9 Å². The molecule has 0 bridgehead atoms.